The van der Waals surface area contributed by atoms with E-state index < -0.39 is 23.4 Å². The predicted molar refractivity (Wildman–Crippen MR) is 112 cm³/mol. The molecule has 0 amide bonds. The zero-order valence-electron chi connectivity index (χ0n) is 17.2. The topological polar surface area (TPSA) is 49.4 Å². The summed E-state index contributed by atoms with van der Waals surface area (Å²) in [5, 5.41) is 3.24. The Balaban J connectivity index is 1.49. The zero-order chi connectivity index (χ0) is 22.0. The Morgan fingerprint density at radius 2 is 1.32 bits per heavy atom. The predicted octanol–water partition coefficient (Wildman–Crippen LogP) is 4.39. The highest BCUT2D eigenvalue weighted by Crippen LogP contribution is 2.32. The number of anilines is 1. The molecule has 0 atom stereocenters. The van der Waals surface area contributed by atoms with Crippen molar-refractivity contribution in [3.63, 3.8) is 0 Å². The summed E-state index contributed by atoms with van der Waals surface area (Å²) in [6.07, 6.45) is 2.42. The average molecular weight is 430 g/mol. The first-order valence-corrected chi connectivity index (χ1v) is 10.7. The van der Waals surface area contributed by atoms with Crippen molar-refractivity contribution in [1.82, 2.24) is 5.32 Å². The zero-order valence-corrected chi connectivity index (χ0v) is 17.2. The van der Waals surface area contributed by atoms with E-state index in [1.807, 2.05) is 4.90 Å². The quantitative estimate of drug-likeness (QED) is 0.715. The second-order valence-electron chi connectivity index (χ2n) is 8.30. The molecule has 4 nitrogen and oxygen atoms in total. The van der Waals surface area contributed by atoms with Crippen LogP contribution >= 0.6 is 0 Å². The van der Waals surface area contributed by atoms with Crippen LogP contribution in [0.25, 0.3) is 0 Å². The highest BCUT2D eigenvalue weighted by atomic mass is 19.1. The molecular formula is C24H25F3N2O2. The molecule has 0 aliphatic carbocycles. The Bertz CT molecular complexity index is 981. The van der Waals surface area contributed by atoms with E-state index in [9.17, 15) is 22.8 Å². The van der Waals surface area contributed by atoms with Crippen molar-refractivity contribution >= 4 is 17.3 Å². The summed E-state index contributed by atoms with van der Waals surface area (Å²) in [5.74, 6) is -2.78. The number of carbonyl (C=O) groups excluding carboxylic acids is 2. The van der Waals surface area contributed by atoms with Gasteiger partial charge in [0.15, 0.2) is 11.6 Å². The first-order valence-electron chi connectivity index (χ1n) is 10.7. The van der Waals surface area contributed by atoms with Crippen molar-refractivity contribution in [2.75, 3.05) is 31.1 Å². The summed E-state index contributed by atoms with van der Waals surface area (Å²) in [5.41, 5.74) is 0.970. The normalized spacial score (nSPS) is 18.2. The Kier molecular flexibility index (Phi) is 6.41. The number of benzene rings is 2. The summed E-state index contributed by atoms with van der Waals surface area (Å²) in [4.78, 5) is 27.7. The standard InChI is InChI=1S/C24H25F3N2O2/c25-17-1-3-19(21(27)13-17)23(30)16-7-11-29(12-8-16)22-14-18(26)2-4-20(22)24(31)15-5-9-28-10-6-15/h1-4,13-16,28H,5-12H2. The molecule has 2 aromatic rings. The fourth-order valence-electron chi connectivity index (χ4n) is 4.57. The maximum Gasteiger partial charge on any atom is 0.169 e. The van der Waals surface area contributed by atoms with Crippen LogP contribution in [-0.4, -0.2) is 37.7 Å². The second-order valence-corrected chi connectivity index (χ2v) is 8.30. The number of carbonyl (C=O) groups is 2. The van der Waals surface area contributed by atoms with Crippen LogP contribution in [0.3, 0.4) is 0 Å². The highest BCUT2D eigenvalue weighted by Gasteiger charge is 2.31. The molecule has 2 saturated heterocycles. The number of nitrogens with one attached hydrogen (secondary N) is 1. The first-order chi connectivity index (χ1) is 14.9. The van der Waals surface area contributed by atoms with Crippen LogP contribution < -0.4 is 10.2 Å². The summed E-state index contributed by atoms with van der Waals surface area (Å²) in [7, 11) is 0. The van der Waals surface area contributed by atoms with Gasteiger partial charge < -0.3 is 10.2 Å². The van der Waals surface area contributed by atoms with Crippen molar-refractivity contribution in [2.45, 2.75) is 25.7 Å². The highest BCUT2D eigenvalue weighted by molar-refractivity contribution is 6.03. The number of hydrogen-bond acceptors (Lipinski definition) is 4. The third kappa shape index (κ3) is 4.66. The van der Waals surface area contributed by atoms with Gasteiger partial charge in [0.05, 0.1) is 11.3 Å². The maximum absolute atomic E-state index is 14.0. The van der Waals surface area contributed by atoms with Crippen LogP contribution in [0.5, 0.6) is 0 Å². The molecule has 1 N–H and O–H groups in total. The number of ketones is 2. The monoisotopic (exact) mass is 430 g/mol. The van der Waals surface area contributed by atoms with Gasteiger partial charge in [-0.25, -0.2) is 13.2 Å². The van der Waals surface area contributed by atoms with Crippen molar-refractivity contribution in [2.24, 2.45) is 11.8 Å². The molecule has 2 aromatic carbocycles. The fraction of sp³-hybridized carbons (Fsp3) is 0.417. The number of rotatable bonds is 5. The summed E-state index contributed by atoms with van der Waals surface area (Å²) in [6, 6.07) is 7.23. The van der Waals surface area contributed by atoms with E-state index in [2.05, 4.69) is 5.32 Å². The molecule has 2 aliphatic rings. The van der Waals surface area contributed by atoms with Gasteiger partial charge in [0.25, 0.3) is 0 Å². The van der Waals surface area contributed by atoms with Gasteiger partial charge in [-0.1, -0.05) is 0 Å². The average Bonchev–Trinajstić information content (AvgIpc) is 2.79. The second kappa shape index (κ2) is 9.22. The van der Waals surface area contributed by atoms with Crippen LogP contribution in [0.15, 0.2) is 36.4 Å². The fourth-order valence-corrected chi connectivity index (χ4v) is 4.57. The molecule has 2 fully saturated rings. The van der Waals surface area contributed by atoms with E-state index in [1.54, 1.807) is 6.07 Å². The largest absolute Gasteiger partial charge is 0.371 e. The van der Waals surface area contributed by atoms with Crippen LogP contribution in [0, 0.1) is 29.3 Å². The van der Waals surface area contributed by atoms with E-state index in [0.717, 1.165) is 32.0 Å². The molecule has 2 aliphatic heterocycles. The molecular weight excluding hydrogens is 405 g/mol. The van der Waals surface area contributed by atoms with Crippen LogP contribution in [0.1, 0.15) is 46.4 Å². The lowest BCUT2D eigenvalue weighted by atomic mass is 9.86. The molecule has 0 bridgehead atoms. The van der Waals surface area contributed by atoms with Crippen molar-refractivity contribution in [1.29, 1.82) is 0 Å². The van der Waals surface area contributed by atoms with Gasteiger partial charge in [-0.05, 0) is 69.1 Å². The van der Waals surface area contributed by atoms with Gasteiger partial charge in [0.1, 0.15) is 17.5 Å². The number of nitrogens with zero attached hydrogens (tertiary/aromatic N) is 1. The lowest BCUT2D eigenvalue weighted by Gasteiger charge is -2.34. The van der Waals surface area contributed by atoms with Crippen LogP contribution in [-0.2, 0) is 0 Å². The summed E-state index contributed by atoms with van der Waals surface area (Å²) in [6.45, 7) is 2.49. The third-order valence-electron chi connectivity index (χ3n) is 6.34. The van der Waals surface area contributed by atoms with E-state index >= 15 is 0 Å². The van der Waals surface area contributed by atoms with Gasteiger partial charge in [-0.2, -0.15) is 0 Å². The molecule has 164 valence electrons. The smallest absolute Gasteiger partial charge is 0.169 e. The molecule has 4 rings (SSSR count). The van der Waals surface area contributed by atoms with Gasteiger partial charge in [-0.15, -0.1) is 0 Å². The van der Waals surface area contributed by atoms with Crippen molar-refractivity contribution < 1.29 is 22.8 Å². The molecule has 0 unspecified atom stereocenters. The molecule has 0 aromatic heterocycles. The maximum atomic E-state index is 14.0. The number of hydrogen-bond donors (Lipinski definition) is 1. The molecule has 7 heteroatoms. The minimum Gasteiger partial charge on any atom is -0.371 e. The Labute approximate surface area is 179 Å². The summed E-state index contributed by atoms with van der Waals surface area (Å²) >= 11 is 0. The van der Waals surface area contributed by atoms with Crippen molar-refractivity contribution in [3.8, 4) is 0 Å². The van der Waals surface area contributed by atoms with Gasteiger partial charge in [-0.3, -0.25) is 9.59 Å². The summed E-state index contributed by atoms with van der Waals surface area (Å²) < 4.78 is 41.2. The Morgan fingerprint density at radius 1 is 0.774 bits per heavy atom. The number of piperidine rings is 2. The van der Waals surface area contributed by atoms with Gasteiger partial charge >= 0.3 is 0 Å². The molecule has 0 radical (unpaired) electrons. The molecule has 0 saturated carbocycles. The van der Waals surface area contributed by atoms with E-state index in [0.29, 0.717) is 43.2 Å². The molecule has 2 heterocycles. The molecule has 31 heavy (non-hydrogen) atoms. The molecule has 0 spiro atoms. The number of Topliss-reactive ketones (excluding diaryl/α,β-unsaturated/α-hetero) is 2. The first kappa shape index (κ1) is 21.6. The van der Waals surface area contributed by atoms with Crippen LogP contribution in [0.4, 0.5) is 18.9 Å². The minimum absolute atomic E-state index is 0.0306. The minimum atomic E-state index is -0.854. The Morgan fingerprint density at radius 3 is 1.97 bits per heavy atom. The van der Waals surface area contributed by atoms with Crippen LogP contribution in [0.2, 0.25) is 0 Å². The number of halogens is 3. The lowest BCUT2D eigenvalue weighted by Crippen LogP contribution is -2.38. The van der Waals surface area contributed by atoms with Gasteiger partial charge in [0, 0.05) is 36.6 Å². The van der Waals surface area contributed by atoms with E-state index in [4.69, 9.17) is 0 Å². The lowest BCUT2D eigenvalue weighted by molar-refractivity contribution is 0.0884. The Hall–Kier alpha value is -2.67. The third-order valence-corrected chi connectivity index (χ3v) is 6.34. The van der Waals surface area contributed by atoms with Crippen molar-refractivity contribution in [3.05, 3.63) is 65.0 Å². The van der Waals surface area contributed by atoms with E-state index in [-0.39, 0.29) is 23.0 Å². The van der Waals surface area contributed by atoms with Gasteiger partial charge in [0.2, 0.25) is 0 Å². The SMILES string of the molecule is O=C(c1ccc(F)cc1F)C1CCN(c2cc(F)ccc2C(=O)C2CCNCC2)CC1. The van der Waals surface area contributed by atoms with E-state index in [1.165, 1.54) is 18.2 Å².